The summed E-state index contributed by atoms with van der Waals surface area (Å²) in [4.78, 5) is 21.2. The van der Waals surface area contributed by atoms with E-state index in [1.807, 2.05) is 53.8 Å². The summed E-state index contributed by atoms with van der Waals surface area (Å²) < 4.78 is 19.5. The van der Waals surface area contributed by atoms with Crippen molar-refractivity contribution in [3.8, 4) is 0 Å². The molecule has 1 N–H and O–H groups in total. The first-order valence-electron chi connectivity index (χ1n) is 26.4. The summed E-state index contributed by atoms with van der Waals surface area (Å²) in [6.07, 6.45) is 23.0. The number of allylic oxidation sites excluding steroid dienone is 8. The molecule has 6 heteroatoms. The molecule has 2 heterocycles. The van der Waals surface area contributed by atoms with Gasteiger partial charge < -0.3 is 15.0 Å². The van der Waals surface area contributed by atoms with Crippen molar-refractivity contribution in [3.63, 3.8) is 0 Å². The summed E-state index contributed by atoms with van der Waals surface area (Å²) in [7, 11) is 0. The zero-order chi connectivity index (χ0) is 50.6. The van der Waals surface area contributed by atoms with E-state index < -0.39 is 11.2 Å². The Kier molecular flexibility index (Phi) is 31.3. The molecule has 1 saturated heterocycles. The molecule has 2 fully saturated rings. The molecule has 4 rings (SSSR count). The lowest BCUT2D eigenvalue weighted by atomic mass is 9.73. The Hall–Kier alpha value is -3.51. The molecule has 5 nitrogen and oxygen atoms in total. The fourth-order valence-electron chi connectivity index (χ4n) is 8.23. The third kappa shape index (κ3) is 19.6. The van der Waals surface area contributed by atoms with Gasteiger partial charge in [0.1, 0.15) is 5.83 Å². The summed E-state index contributed by atoms with van der Waals surface area (Å²) >= 11 is 0. The number of aliphatic imine (C=N–C) groups is 1. The number of ether oxygens (including phenoxy) is 1. The third-order valence-electron chi connectivity index (χ3n) is 13.3. The molecule has 0 bridgehead atoms. The van der Waals surface area contributed by atoms with Crippen LogP contribution in [-0.2, 0) is 14.9 Å². The second-order valence-electron chi connectivity index (χ2n) is 20.0. The highest BCUT2D eigenvalue weighted by Crippen LogP contribution is 2.52. The number of unbranched alkanes of at least 4 members (excludes halogenated alkanes) is 1. The van der Waals surface area contributed by atoms with Gasteiger partial charge in [0.2, 0.25) is 5.91 Å². The van der Waals surface area contributed by atoms with Crippen molar-refractivity contribution in [2.75, 3.05) is 18.1 Å². The van der Waals surface area contributed by atoms with Gasteiger partial charge in [0.25, 0.3) is 0 Å². The third-order valence-corrected chi connectivity index (χ3v) is 13.3. The van der Waals surface area contributed by atoms with Crippen LogP contribution in [0.5, 0.6) is 0 Å². The number of fused-ring (bicyclic) bond motifs is 1. The Bertz CT molecular complexity index is 1720. The number of carbonyl (C=O) groups excluding carboxylic acids is 1. The highest BCUT2D eigenvalue weighted by Gasteiger charge is 2.53. The molecule has 0 aromatic heterocycles. The molecule has 1 aliphatic carbocycles. The number of anilines is 1. The number of carbonyl (C=O) groups is 1. The second-order valence-corrected chi connectivity index (χ2v) is 20.0. The molecule has 1 amide bonds. The number of nitrogens with zero attached hydrogens (tertiary/aromatic N) is 2. The molecule has 0 spiro atoms. The van der Waals surface area contributed by atoms with Crippen LogP contribution in [0.4, 0.5) is 10.1 Å². The van der Waals surface area contributed by atoms with Gasteiger partial charge in [-0.3, -0.25) is 9.79 Å². The summed E-state index contributed by atoms with van der Waals surface area (Å²) in [5.74, 6) is 3.15. The standard InChI is InChI=1S/C38H52FN3O.C9H20.C7H14O.C4H10.C2H6/c1-10-16-34(33(39)15-6)41-28(9)27(8)35(40-21-13-4)22-26(7)30-17-18-32-36(25-30)42(31-23-29(14-5)24-31)37(43)38(32,19-11-2)20-12-3;1-5-7-8-9(3,4)6-2;1-3-6(2)7-4-8-5-7;1-4(2)3;1-2/h10,15-18,21-22,25,29,31,41H,6-7,11-14,19-20,23-24H2,1-5,8-9H3;5-8H2,1-4H3;6-7H,3-5H2,1-2H3;4H,1-3H3;1-2H3/b16-10-,28-27+,34-33-,35-22+,40-21?;;;;. The van der Waals surface area contributed by atoms with Gasteiger partial charge in [-0.1, -0.05) is 180 Å². The van der Waals surface area contributed by atoms with Crippen molar-refractivity contribution in [1.29, 1.82) is 0 Å². The maximum absolute atomic E-state index is 14.4. The molecular formula is C60H102FN3O2. The van der Waals surface area contributed by atoms with Crippen molar-refractivity contribution < 1.29 is 13.9 Å². The lowest BCUT2D eigenvalue weighted by Gasteiger charge is -2.42. The second kappa shape index (κ2) is 33.1. The van der Waals surface area contributed by atoms with E-state index in [-0.39, 0.29) is 11.9 Å². The lowest BCUT2D eigenvalue weighted by molar-refractivity contribution is -0.124. The van der Waals surface area contributed by atoms with E-state index in [2.05, 4.69) is 125 Å². The molecule has 1 aromatic carbocycles. The van der Waals surface area contributed by atoms with E-state index in [0.29, 0.717) is 17.0 Å². The number of halogens is 1. The van der Waals surface area contributed by atoms with E-state index in [4.69, 9.17) is 9.73 Å². The highest BCUT2D eigenvalue weighted by atomic mass is 19.1. The summed E-state index contributed by atoms with van der Waals surface area (Å²) in [6, 6.07) is 6.74. The zero-order valence-corrected chi connectivity index (χ0v) is 46.1. The van der Waals surface area contributed by atoms with Crippen LogP contribution in [-0.4, -0.2) is 31.4 Å². The predicted octanol–water partition coefficient (Wildman–Crippen LogP) is 18.2. The predicted molar refractivity (Wildman–Crippen MR) is 292 cm³/mol. The van der Waals surface area contributed by atoms with Crippen LogP contribution in [0.25, 0.3) is 5.57 Å². The van der Waals surface area contributed by atoms with Crippen molar-refractivity contribution in [3.05, 3.63) is 95.3 Å². The van der Waals surface area contributed by atoms with E-state index in [9.17, 15) is 9.18 Å². The van der Waals surface area contributed by atoms with Crippen molar-refractivity contribution in [2.45, 2.75) is 220 Å². The van der Waals surface area contributed by atoms with E-state index in [1.165, 1.54) is 43.7 Å². The van der Waals surface area contributed by atoms with Gasteiger partial charge in [-0.15, -0.1) is 0 Å². The van der Waals surface area contributed by atoms with Crippen LogP contribution in [0.1, 0.15) is 219 Å². The fourth-order valence-corrected chi connectivity index (χ4v) is 8.23. The molecule has 1 unspecified atom stereocenters. The molecule has 1 saturated carbocycles. The van der Waals surface area contributed by atoms with Gasteiger partial charge in [0.15, 0.2) is 0 Å². The maximum atomic E-state index is 14.4. The van der Waals surface area contributed by atoms with Crippen LogP contribution in [0.3, 0.4) is 0 Å². The first-order chi connectivity index (χ1) is 31.3. The van der Waals surface area contributed by atoms with Gasteiger partial charge >= 0.3 is 0 Å². The number of benzene rings is 1. The maximum Gasteiger partial charge on any atom is 0.237 e. The van der Waals surface area contributed by atoms with Crippen LogP contribution in [0.15, 0.2) is 89.1 Å². The number of nitrogens with one attached hydrogen (secondary N) is 1. The van der Waals surface area contributed by atoms with Crippen LogP contribution in [0.2, 0.25) is 0 Å². The van der Waals surface area contributed by atoms with Crippen molar-refractivity contribution in [2.24, 2.45) is 34.1 Å². The molecule has 3 aliphatic rings. The Labute approximate surface area is 408 Å². The fraction of sp³-hybridized carbons (Fsp3) is 0.667. The summed E-state index contributed by atoms with van der Waals surface area (Å²) in [6.45, 7) is 48.7. The smallest absolute Gasteiger partial charge is 0.237 e. The normalized spacial score (nSPS) is 19.0. The van der Waals surface area contributed by atoms with Crippen LogP contribution < -0.4 is 10.2 Å². The quantitative estimate of drug-likeness (QED) is 0.0987. The Morgan fingerprint density at radius 3 is 2.02 bits per heavy atom. The Morgan fingerprint density at radius 2 is 1.59 bits per heavy atom. The van der Waals surface area contributed by atoms with E-state index in [1.54, 1.807) is 12.2 Å². The van der Waals surface area contributed by atoms with Gasteiger partial charge in [0.05, 0.1) is 30.0 Å². The molecule has 0 radical (unpaired) electrons. The summed E-state index contributed by atoms with van der Waals surface area (Å²) in [5.41, 5.74) is 6.93. The number of hydrogen-bond acceptors (Lipinski definition) is 4. The minimum Gasteiger partial charge on any atom is -0.381 e. The summed E-state index contributed by atoms with van der Waals surface area (Å²) in [5, 5.41) is 3.19. The monoisotopic (exact) mass is 916 g/mol. The van der Waals surface area contributed by atoms with Crippen molar-refractivity contribution >= 4 is 23.4 Å². The first-order valence-corrected chi connectivity index (χ1v) is 26.4. The number of rotatable bonds is 21. The van der Waals surface area contributed by atoms with Crippen LogP contribution in [0, 0.1) is 29.1 Å². The largest absolute Gasteiger partial charge is 0.381 e. The molecule has 376 valence electrons. The molecular weight excluding hydrogens is 814 g/mol. The van der Waals surface area contributed by atoms with Gasteiger partial charge in [0, 0.05) is 29.6 Å². The SMILES string of the molecule is C=C/C(F)=C(\C=C/C)N/C(C)=C(C)/C(=C\C(=C)c1ccc2c(c1)N(C1CC(CC)C1)C(=O)C2(CCC)CCC)N=CCC.CC.CC(C)C.CCC(C)C1COC1.CCCCC(C)(C)CC. The number of hydrogen-bond donors (Lipinski definition) is 1. The lowest BCUT2D eigenvalue weighted by Crippen LogP contribution is -2.50. The number of amides is 1. The minimum absolute atomic E-state index is 0.268. The molecule has 1 atom stereocenters. The Morgan fingerprint density at radius 1 is 1.00 bits per heavy atom. The van der Waals surface area contributed by atoms with Gasteiger partial charge in [-0.25, -0.2) is 4.39 Å². The van der Waals surface area contributed by atoms with E-state index in [0.717, 1.165) is 116 Å². The average molecular weight is 916 g/mol. The van der Waals surface area contributed by atoms with Gasteiger partial charge in [-0.2, -0.15) is 0 Å². The van der Waals surface area contributed by atoms with Crippen molar-refractivity contribution in [1.82, 2.24) is 5.32 Å². The minimum atomic E-state index is -0.441. The molecule has 1 aromatic rings. The van der Waals surface area contributed by atoms with Gasteiger partial charge in [-0.05, 0) is 129 Å². The van der Waals surface area contributed by atoms with E-state index >= 15 is 0 Å². The molecule has 66 heavy (non-hydrogen) atoms. The first kappa shape index (κ1) is 62.5. The molecule has 2 aliphatic heterocycles. The zero-order valence-electron chi connectivity index (χ0n) is 46.1. The highest BCUT2D eigenvalue weighted by molar-refractivity contribution is 6.09. The van der Waals surface area contributed by atoms with Crippen LogP contribution >= 0.6 is 0 Å². The average Bonchev–Trinajstić information content (AvgIpc) is 3.49. The Balaban J connectivity index is 0.00000149. The topological polar surface area (TPSA) is 53.9 Å².